The van der Waals surface area contributed by atoms with Crippen LogP contribution in [0.4, 0.5) is 4.79 Å². The van der Waals surface area contributed by atoms with Crippen LogP contribution in [-0.2, 0) is 4.74 Å². The molecule has 0 aliphatic carbocycles. The average Bonchev–Trinajstić information content (AvgIpc) is 2.41. The summed E-state index contributed by atoms with van der Waals surface area (Å²) < 4.78 is 5.46. The Hall–Kier alpha value is -0.810. The predicted octanol–water partition coefficient (Wildman–Crippen LogP) is 2.27. The second kappa shape index (κ2) is 6.75. The molecule has 0 radical (unpaired) electrons. The molecule has 0 bridgehead atoms. The monoisotopic (exact) mass is 311 g/mol. The fraction of sp³-hybridized carbons (Fsp3) is 0.941. The summed E-state index contributed by atoms with van der Waals surface area (Å²) in [4.78, 5) is 18.9. The summed E-state index contributed by atoms with van der Waals surface area (Å²) in [6.07, 6.45) is 2.38. The first-order valence-corrected chi connectivity index (χ1v) is 8.56. The maximum atomic E-state index is 12.1. The van der Waals surface area contributed by atoms with E-state index in [2.05, 4.69) is 23.8 Å². The van der Waals surface area contributed by atoms with Crippen LogP contribution in [0.1, 0.15) is 40.5 Å². The van der Waals surface area contributed by atoms with Crippen molar-refractivity contribution in [3.05, 3.63) is 0 Å². The Kier molecular flexibility index (Phi) is 5.38. The lowest BCUT2D eigenvalue weighted by atomic mass is 9.80. The van der Waals surface area contributed by atoms with Crippen LogP contribution in [-0.4, -0.2) is 79.3 Å². The van der Waals surface area contributed by atoms with E-state index in [0.717, 1.165) is 32.7 Å². The van der Waals surface area contributed by atoms with Gasteiger partial charge in [-0.3, -0.25) is 4.90 Å². The number of piperidine rings is 1. The van der Waals surface area contributed by atoms with E-state index in [1.54, 1.807) is 0 Å². The highest BCUT2D eigenvalue weighted by Crippen LogP contribution is 2.31. The number of hydrogen-bond donors (Lipinski definition) is 0. The predicted molar refractivity (Wildman–Crippen MR) is 89.1 cm³/mol. The lowest BCUT2D eigenvalue weighted by Gasteiger charge is -2.43. The van der Waals surface area contributed by atoms with Gasteiger partial charge in [0.25, 0.3) is 0 Å². The van der Waals surface area contributed by atoms with Gasteiger partial charge in [0.05, 0.1) is 0 Å². The molecule has 0 N–H and O–H groups in total. The number of nitrogens with zero attached hydrogens (tertiary/aromatic N) is 3. The molecule has 2 saturated heterocycles. The highest BCUT2D eigenvalue weighted by Gasteiger charge is 2.33. The first-order valence-electron chi connectivity index (χ1n) is 8.56. The Morgan fingerprint density at radius 3 is 2.09 bits per heavy atom. The minimum absolute atomic E-state index is 0.169. The fourth-order valence-corrected chi connectivity index (χ4v) is 3.27. The molecule has 128 valence electrons. The smallest absolute Gasteiger partial charge is 0.410 e. The molecule has 0 aromatic heterocycles. The Labute approximate surface area is 135 Å². The Morgan fingerprint density at radius 2 is 1.59 bits per heavy atom. The zero-order valence-electron chi connectivity index (χ0n) is 15.0. The van der Waals surface area contributed by atoms with Crippen molar-refractivity contribution in [1.29, 1.82) is 0 Å². The summed E-state index contributed by atoms with van der Waals surface area (Å²) in [6.45, 7) is 15.2. The van der Waals surface area contributed by atoms with Gasteiger partial charge in [0.2, 0.25) is 0 Å². The van der Waals surface area contributed by atoms with Gasteiger partial charge in [-0.15, -0.1) is 0 Å². The van der Waals surface area contributed by atoms with Gasteiger partial charge in [-0.2, -0.15) is 0 Å². The molecule has 2 aliphatic heterocycles. The molecule has 0 aromatic rings. The molecule has 0 aromatic carbocycles. The third-order valence-corrected chi connectivity index (χ3v) is 4.82. The minimum Gasteiger partial charge on any atom is -0.444 e. The number of amides is 1. The first kappa shape index (κ1) is 17.5. The van der Waals surface area contributed by atoms with Crippen LogP contribution in [0.25, 0.3) is 0 Å². The van der Waals surface area contributed by atoms with Crippen LogP contribution >= 0.6 is 0 Å². The molecule has 5 nitrogen and oxygen atoms in total. The maximum Gasteiger partial charge on any atom is 0.410 e. The molecule has 22 heavy (non-hydrogen) atoms. The largest absolute Gasteiger partial charge is 0.444 e. The van der Waals surface area contributed by atoms with Crippen LogP contribution in [0.2, 0.25) is 0 Å². The Bertz CT molecular complexity index is 376. The summed E-state index contributed by atoms with van der Waals surface area (Å²) in [5.41, 5.74) is 0.0242. The first-order chi connectivity index (χ1) is 10.2. The van der Waals surface area contributed by atoms with E-state index in [9.17, 15) is 4.79 Å². The molecule has 0 atom stereocenters. The fourth-order valence-electron chi connectivity index (χ4n) is 3.27. The van der Waals surface area contributed by atoms with E-state index in [4.69, 9.17) is 4.74 Å². The van der Waals surface area contributed by atoms with Crippen molar-refractivity contribution in [1.82, 2.24) is 14.7 Å². The van der Waals surface area contributed by atoms with E-state index in [0.29, 0.717) is 5.41 Å². The van der Waals surface area contributed by atoms with Crippen LogP contribution in [0.5, 0.6) is 0 Å². The molecule has 0 spiro atoms. The molecule has 0 saturated carbocycles. The topological polar surface area (TPSA) is 36.0 Å². The third kappa shape index (κ3) is 5.13. The van der Waals surface area contributed by atoms with Crippen molar-refractivity contribution in [2.75, 3.05) is 52.9 Å². The van der Waals surface area contributed by atoms with Gasteiger partial charge in [-0.05, 0) is 59.2 Å². The van der Waals surface area contributed by atoms with E-state index in [1.165, 1.54) is 25.9 Å². The summed E-state index contributed by atoms with van der Waals surface area (Å²) in [7, 11) is 2.21. The van der Waals surface area contributed by atoms with Gasteiger partial charge < -0.3 is 14.5 Å². The van der Waals surface area contributed by atoms with Crippen molar-refractivity contribution < 1.29 is 9.53 Å². The Morgan fingerprint density at radius 1 is 1.05 bits per heavy atom. The van der Waals surface area contributed by atoms with Gasteiger partial charge in [0, 0.05) is 32.7 Å². The number of carbonyl (C=O) groups is 1. The highest BCUT2D eigenvalue weighted by molar-refractivity contribution is 5.68. The van der Waals surface area contributed by atoms with E-state index in [-0.39, 0.29) is 6.09 Å². The van der Waals surface area contributed by atoms with Crippen LogP contribution in [0, 0.1) is 5.41 Å². The highest BCUT2D eigenvalue weighted by atomic mass is 16.6. The van der Waals surface area contributed by atoms with Gasteiger partial charge >= 0.3 is 6.09 Å². The zero-order valence-corrected chi connectivity index (χ0v) is 15.0. The standard InChI is InChI=1S/C17H33N3O2/c1-16(2,3)22-15(21)20-12-10-19(11-13-20)14-17(4)6-8-18(5)9-7-17/h6-14H2,1-5H3. The average molecular weight is 311 g/mol. The molecular formula is C17H33N3O2. The van der Waals surface area contributed by atoms with Crippen molar-refractivity contribution in [2.45, 2.75) is 46.1 Å². The maximum absolute atomic E-state index is 12.1. The molecule has 2 rings (SSSR count). The van der Waals surface area contributed by atoms with Crippen molar-refractivity contribution in [3.8, 4) is 0 Å². The van der Waals surface area contributed by atoms with E-state index in [1.807, 2.05) is 25.7 Å². The van der Waals surface area contributed by atoms with E-state index < -0.39 is 5.60 Å². The van der Waals surface area contributed by atoms with Gasteiger partial charge in [-0.25, -0.2) is 4.79 Å². The van der Waals surface area contributed by atoms with Crippen molar-refractivity contribution in [3.63, 3.8) is 0 Å². The molecule has 5 heteroatoms. The molecule has 2 aliphatic rings. The number of carbonyl (C=O) groups excluding carboxylic acids is 1. The molecule has 2 heterocycles. The SMILES string of the molecule is CN1CCC(C)(CN2CCN(C(=O)OC(C)(C)C)CC2)CC1. The van der Waals surface area contributed by atoms with Gasteiger partial charge in [0.15, 0.2) is 0 Å². The van der Waals surface area contributed by atoms with Crippen LogP contribution < -0.4 is 0 Å². The van der Waals surface area contributed by atoms with Crippen LogP contribution in [0.15, 0.2) is 0 Å². The normalized spacial score (nSPS) is 24.3. The lowest BCUT2D eigenvalue weighted by molar-refractivity contribution is 0.00758. The van der Waals surface area contributed by atoms with E-state index >= 15 is 0 Å². The van der Waals surface area contributed by atoms with Gasteiger partial charge in [0.1, 0.15) is 5.60 Å². The zero-order chi connectivity index (χ0) is 16.4. The quantitative estimate of drug-likeness (QED) is 0.784. The van der Waals surface area contributed by atoms with Crippen molar-refractivity contribution in [2.24, 2.45) is 5.41 Å². The molecule has 1 amide bonds. The lowest BCUT2D eigenvalue weighted by Crippen LogP contribution is -2.53. The number of rotatable bonds is 2. The second-order valence-electron chi connectivity index (χ2n) is 8.36. The minimum atomic E-state index is -0.407. The summed E-state index contributed by atoms with van der Waals surface area (Å²) in [5, 5.41) is 0. The molecule has 2 fully saturated rings. The number of hydrogen-bond acceptors (Lipinski definition) is 4. The second-order valence-corrected chi connectivity index (χ2v) is 8.36. The summed E-state index contributed by atoms with van der Waals surface area (Å²) in [6, 6.07) is 0. The van der Waals surface area contributed by atoms with Gasteiger partial charge in [-0.1, -0.05) is 6.92 Å². The number of piperazine rings is 1. The summed E-state index contributed by atoms with van der Waals surface area (Å²) in [5.74, 6) is 0. The Balaban J connectivity index is 1.76. The van der Waals surface area contributed by atoms with Crippen molar-refractivity contribution >= 4 is 6.09 Å². The number of ether oxygens (including phenoxy) is 1. The number of likely N-dealkylation sites (tertiary alicyclic amines) is 1. The summed E-state index contributed by atoms with van der Waals surface area (Å²) >= 11 is 0. The molecular weight excluding hydrogens is 278 g/mol. The van der Waals surface area contributed by atoms with Crippen LogP contribution in [0.3, 0.4) is 0 Å². The molecule has 0 unspecified atom stereocenters. The third-order valence-electron chi connectivity index (χ3n) is 4.82.